The van der Waals surface area contributed by atoms with E-state index in [0.29, 0.717) is 23.0 Å². The lowest BCUT2D eigenvalue weighted by molar-refractivity contribution is 0.109. The van der Waals surface area contributed by atoms with E-state index in [1.165, 1.54) is 16.4 Å². The Morgan fingerprint density at radius 2 is 2.28 bits per heavy atom. The molecule has 2 aromatic rings. The number of thioether (sulfide) groups is 1. The van der Waals surface area contributed by atoms with Gasteiger partial charge in [0.25, 0.3) is 0 Å². The molecule has 0 amide bonds. The summed E-state index contributed by atoms with van der Waals surface area (Å²) in [6.45, 7) is 0. The molecule has 0 spiro atoms. The monoisotopic (exact) mass is 267 g/mol. The van der Waals surface area contributed by atoms with Crippen molar-refractivity contribution in [3.05, 3.63) is 44.4 Å². The van der Waals surface area contributed by atoms with Crippen molar-refractivity contribution in [3.63, 3.8) is 0 Å². The number of aromatic amines is 1. The second-order valence-corrected chi connectivity index (χ2v) is 4.35. The number of nitrogens with zero attached hydrogens (tertiary/aromatic N) is 2. The van der Waals surface area contributed by atoms with E-state index >= 15 is 0 Å². The lowest BCUT2D eigenvalue weighted by Gasteiger charge is -2.04. The van der Waals surface area contributed by atoms with Crippen LogP contribution in [-0.4, -0.2) is 21.1 Å². The van der Waals surface area contributed by atoms with Crippen molar-refractivity contribution in [1.29, 1.82) is 0 Å². The highest BCUT2D eigenvalue weighted by molar-refractivity contribution is 7.98. The Balaban J connectivity index is 2.15. The van der Waals surface area contributed by atoms with Crippen LogP contribution in [0.3, 0.4) is 0 Å². The van der Waals surface area contributed by atoms with Crippen molar-refractivity contribution in [3.8, 4) is 0 Å². The first kappa shape index (κ1) is 12.4. The van der Waals surface area contributed by atoms with E-state index in [0.717, 1.165) is 0 Å². The molecule has 0 aliphatic carbocycles. The van der Waals surface area contributed by atoms with Crippen molar-refractivity contribution in [2.75, 3.05) is 0 Å². The maximum atomic E-state index is 11.1. The molecule has 0 saturated heterocycles. The van der Waals surface area contributed by atoms with Crippen LogP contribution in [0.5, 0.6) is 0 Å². The van der Waals surface area contributed by atoms with Gasteiger partial charge in [0.2, 0.25) is 0 Å². The molecule has 0 saturated carbocycles. The number of H-pyrrole nitrogens is 1. The minimum Gasteiger partial charge on any atom is -0.457 e. The summed E-state index contributed by atoms with van der Waals surface area (Å²) in [7, 11) is 1.58. The summed E-state index contributed by atoms with van der Waals surface area (Å²) in [5, 5.41) is 2.70. The number of carbonyl (C=O) groups is 1. The van der Waals surface area contributed by atoms with Gasteiger partial charge in [-0.05, 0) is 12.1 Å². The van der Waals surface area contributed by atoms with Crippen LogP contribution >= 0.6 is 11.8 Å². The number of furan rings is 1. The number of nitrogens with one attached hydrogen (secondary N) is 1. The van der Waals surface area contributed by atoms with Gasteiger partial charge in [0.1, 0.15) is 5.76 Å². The van der Waals surface area contributed by atoms with Gasteiger partial charge in [0.05, 0.1) is 5.75 Å². The molecule has 0 radical (unpaired) electrons. The van der Waals surface area contributed by atoms with Crippen molar-refractivity contribution >= 4 is 18.0 Å². The van der Waals surface area contributed by atoms with Crippen LogP contribution in [0.4, 0.5) is 0 Å². The summed E-state index contributed by atoms with van der Waals surface area (Å²) in [6.07, 6.45) is 0.613. The van der Waals surface area contributed by atoms with Crippen molar-refractivity contribution in [2.45, 2.75) is 10.9 Å². The smallest absolute Gasteiger partial charge is 0.339 e. The summed E-state index contributed by atoms with van der Waals surface area (Å²) >= 11 is 1.22. The van der Waals surface area contributed by atoms with Gasteiger partial charge in [-0.3, -0.25) is 24.2 Å². The van der Waals surface area contributed by atoms with E-state index in [9.17, 15) is 14.4 Å². The fraction of sp³-hybridized carbons (Fsp3) is 0.200. The first-order valence-electron chi connectivity index (χ1n) is 4.94. The Kier molecular flexibility index (Phi) is 3.47. The Morgan fingerprint density at radius 3 is 2.94 bits per heavy atom. The Hall–Kier alpha value is -2.09. The molecule has 0 fully saturated rings. The first-order chi connectivity index (χ1) is 8.60. The fourth-order valence-corrected chi connectivity index (χ4v) is 2.07. The molecule has 0 unspecified atom stereocenters. The van der Waals surface area contributed by atoms with Gasteiger partial charge in [-0.2, -0.15) is 4.98 Å². The molecule has 0 aliphatic rings. The number of aldehydes is 1. The Morgan fingerprint density at radius 1 is 1.50 bits per heavy atom. The van der Waals surface area contributed by atoms with E-state index in [-0.39, 0.29) is 5.76 Å². The van der Waals surface area contributed by atoms with Gasteiger partial charge in [-0.25, -0.2) is 0 Å². The van der Waals surface area contributed by atoms with Crippen molar-refractivity contribution in [2.24, 2.45) is 7.05 Å². The summed E-state index contributed by atoms with van der Waals surface area (Å²) in [5.74, 6) is 1.23. The highest BCUT2D eigenvalue weighted by Gasteiger charge is 2.07. The van der Waals surface area contributed by atoms with Gasteiger partial charge < -0.3 is 4.42 Å². The molecule has 2 heterocycles. The second kappa shape index (κ2) is 5.05. The standard InChI is InChI=1S/C10H9N3O4S/c1-13-10(11-8(15)9(16)12-13)18-5-7-3-2-6(4-14)17-7/h2-4H,5H2,1H3,(H,12,16). The second-order valence-electron chi connectivity index (χ2n) is 3.41. The van der Waals surface area contributed by atoms with Gasteiger partial charge in [0.15, 0.2) is 17.2 Å². The SMILES string of the molecule is Cn1[nH]c(=O)c(=O)nc1SCc1ccc(C=O)o1. The summed E-state index contributed by atoms with van der Waals surface area (Å²) in [6, 6.07) is 3.22. The molecule has 94 valence electrons. The van der Waals surface area contributed by atoms with Gasteiger partial charge in [-0.15, -0.1) is 0 Å². The van der Waals surface area contributed by atoms with E-state index in [1.807, 2.05) is 0 Å². The number of carbonyl (C=O) groups excluding carboxylic acids is 1. The van der Waals surface area contributed by atoms with Crippen molar-refractivity contribution in [1.82, 2.24) is 14.8 Å². The third kappa shape index (κ3) is 2.59. The summed E-state index contributed by atoms with van der Waals surface area (Å²) < 4.78 is 6.53. The molecule has 0 atom stereocenters. The predicted octanol–water partition coefficient (Wildman–Crippen LogP) is 0.166. The van der Waals surface area contributed by atoms with E-state index in [1.54, 1.807) is 19.2 Å². The minimum atomic E-state index is -0.830. The molecule has 7 nitrogen and oxygen atoms in total. The summed E-state index contributed by atoms with van der Waals surface area (Å²) in [5.41, 5.74) is -1.59. The van der Waals surface area contributed by atoms with E-state index < -0.39 is 11.1 Å². The quantitative estimate of drug-likeness (QED) is 0.481. The maximum Gasteiger partial charge on any atom is 0.339 e. The topological polar surface area (TPSA) is 98.0 Å². The predicted molar refractivity (Wildman–Crippen MR) is 63.8 cm³/mol. The number of aryl methyl sites for hydroxylation is 1. The lowest BCUT2D eigenvalue weighted by Crippen LogP contribution is -2.33. The third-order valence-corrected chi connectivity index (χ3v) is 3.14. The molecule has 0 aromatic carbocycles. The van der Waals surface area contributed by atoms with Crippen LogP contribution in [0.25, 0.3) is 0 Å². The van der Waals surface area contributed by atoms with Crippen LogP contribution in [0.1, 0.15) is 16.3 Å². The number of hydrogen-bond acceptors (Lipinski definition) is 6. The van der Waals surface area contributed by atoms with E-state index in [2.05, 4.69) is 10.1 Å². The zero-order valence-electron chi connectivity index (χ0n) is 9.37. The lowest BCUT2D eigenvalue weighted by atomic mass is 10.4. The van der Waals surface area contributed by atoms with Crippen molar-refractivity contribution < 1.29 is 9.21 Å². The number of rotatable bonds is 4. The maximum absolute atomic E-state index is 11.1. The first-order valence-corrected chi connectivity index (χ1v) is 5.93. The molecule has 2 rings (SSSR count). The molecule has 0 bridgehead atoms. The third-order valence-electron chi connectivity index (χ3n) is 2.09. The molecule has 1 N–H and O–H groups in total. The number of aromatic nitrogens is 3. The zero-order valence-corrected chi connectivity index (χ0v) is 10.2. The van der Waals surface area contributed by atoms with Gasteiger partial charge >= 0.3 is 11.1 Å². The van der Waals surface area contributed by atoms with Crippen LogP contribution < -0.4 is 11.1 Å². The minimum absolute atomic E-state index is 0.244. The molecule has 0 aliphatic heterocycles. The average molecular weight is 267 g/mol. The highest BCUT2D eigenvalue weighted by Crippen LogP contribution is 2.19. The van der Waals surface area contributed by atoms with Crippen LogP contribution in [0.15, 0.2) is 31.3 Å². The molecule has 18 heavy (non-hydrogen) atoms. The number of hydrogen-bond donors (Lipinski definition) is 1. The van der Waals surface area contributed by atoms with E-state index in [4.69, 9.17) is 4.42 Å². The molecule has 8 heteroatoms. The normalized spacial score (nSPS) is 10.5. The zero-order chi connectivity index (χ0) is 13.1. The van der Waals surface area contributed by atoms with Crippen LogP contribution in [-0.2, 0) is 12.8 Å². The highest BCUT2D eigenvalue weighted by atomic mass is 32.2. The Labute approximate surface area is 105 Å². The largest absolute Gasteiger partial charge is 0.457 e. The molecular weight excluding hydrogens is 258 g/mol. The van der Waals surface area contributed by atoms with Crippen LogP contribution in [0, 0.1) is 0 Å². The molecular formula is C10H9N3O4S. The van der Waals surface area contributed by atoms with Gasteiger partial charge in [0, 0.05) is 7.05 Å². The van der Waals surface area contributed by atoms with Crippen LogP contribution in [0.2, 0.25) is 0 Å². The van der Waals surface area contributed by atoms with Gasteiger partial charge in [-0.1, -0.05) is 11.8 Å². The Bertz CT molecular complexity index is 685. The fourth-order valence-electron chi connectivity index (χ4n) is 1.26. The average Bonchev–Trinajstić information content (AvgIpc) is 2.80. The summed E-state index contributed by atoms with van der Waals surface area (Å²) in [4.78, 5) is 36.2. The molecule has 2 aromatic heterocycles.